The molecule has 8 nitrogen and oxygen atoms in total. The SMILES string of the molecule is COC(=O)c1ccccc1-n1cccc1C1C(c2ccccn2)NC(=S)N1c1ccc(NC(C)=O)cc1. The summed E-state index contributed by atoms with van der Waals surface area (Å²) in [5.74, 6) is -0.552. The Labute approximate surface area is 219 Å². The van der Waals surface area contributed by atoms with Crippen LogP contribution in [-0.2, 0) is 9.53 Å². The summed E-state index contributed by atoms with van der Waals surface area (Å²) in [4.78, 5) is 30.7. The summed E-state index contributed by atoms with van der Waals surface area (Å²) < 4.78 is 7.03. The fraction of sp³-hybridized carbons (Fsp3) is 0.143. The number of para-hydroxylation sites is 1. The van der Waals surface area contributed by atoms with E-state index in [9.17, 15) is 9.59 Å². The van der Waals surface area contributed by atoms with Gasteiger partial charge in [0.15, 0.2) is 5.11 Å². The molecule has 3 heterocycles. The van der Waals surface area contributed by atoms with Crippen LogP contribution in [-0.4, -0.2) is 33.6 Å². The van der Waals surface area contributed by atoms with Crippen molar-refractivity contribution in [2.24, 2.45) is 0 Å². The first kappa shape index (κ1) is 24.2. The van der Waals surface area contributed by atoms with E-state index >= 15 is 0 Å². The van der Waals surface area contributed by atoms with Crippen LogP contribution in [0, 0.1) is 0 Å². The molecule has 186 valence electrons. The second-order valence-electron chi connectivity index (χ2n) is 8.54. The molecule has 2 unspecified atom stereocenters. The number of amides is 1. The van der Waals surface area contributed by atoms with Crippen molar-refractivity contribution < 1.29 is 14.3 Å². The van der Waals surface area contributed by atoms with Gasteiger partial charge in [-0.25, -0.2) is 4.79 Å². The molecule has 5 rings (SSSR count). The van der Waals surface area contributed by atoms with Gasteiger partial charge in [-0.05, 0) is 72.9 Å². The van der Waals surface area contributed by atoms with Crippen LogP contribution in [0.2, 0.25) is 0 Å². The van der Waals surface area contributed by atoms with Gasteiger partial charge in [0, 0.05) is 36.4 Å². The number of benzene rings is 2. The van der Waals surface area contributed by atoms with Crippen molar-refractivity contribution in [1.29, 1.82) is 0 Å². The highest BCUT2D eigenvalue weighted by molar-refractivity contribution is 7.80. The zero-order chi connectivity index (χ0) is 25.9. The number of ether oxygens (including phenoxy) is 1. The van der Waals surface area contributed by atoms with Crippen molar-refractivity contribution in [3.8, 4) is 5.69 Å². The lowest BCUT2D eigenvalue weighted by Gasteiger charge is -2.29. The molecule has 0 spiro atoms. The molecule has 2 aromatic carbocycles. The molecule has 0 radical (unpaired) electrons. The molecule has 2 atom stereocenters. The van der Waals surface area contributed by atoms with Crippen LogP contribution >= 0.6 is 12.2 Å². The summed E-state index contributed by atoms with van der Waals surface area (Å²) in [6.45, 7) is 1.47. The number of nitrogens with zero attached hydrogens (tertiary/aromatic N) is 3. The molecule has 0 aliphatic carbocycles. The molecule has 0 bridgehead atoms. The number of anilines is 2. The second-order valence-corrected chi connectivity index (χ2v) is 8.92. The first-order chi connectivity index (χ1) is 18.0. The number of hydrogen-bond donors (Lipinski definition) is 2. The van der Waals surface area contributed by atoms with E-state index in [2.05, 4.69) is 15.6 Å². The number of carbonyl (C=O) groups excluding carboxylic acids is 2. The number of hydrogen-bond acceptors (Lipinski definition) is 5. The van der Waals surface area contributed by atoms with E-state index in [1.807, 2.05) is 88.5 Å². The number of esters is 1. The lowest BCUT2D eigenvalue weighted by molar-refractivity contribution is -0.114. The van der Waals surface area contributed by atoms with E-state index in [1.165, 1.54) is 14.0 Å². The Bertz CT molecular complexity index is 1450. The zero-order valence-corrected chi connectivity index (χ0v) is 21.1. The topological polar surface area (TPSA) is 88.5 Å². The quantitative estimate of drug-likeness (QED) is 0.284. The summed E-state index contributed by atoms with van der Waals surface area (Å²) in [6, 6.07) is 24.0. The van der Waals surface area contributed by atoms with Gasteiger partial charge in [-0.3, -0.25) is 9.78 Å². The average molecular weight is 512 g/mol. The summed E-state index contributed by atoms with van der Waals surface area (Å²) in [7, 11) is 1.37. The number of pyridine rings is 1. The molecular formula is C28H25N5O3S. The van der Waals surface area contributed by atoms with Gasteiger partial charge in [0.1, 0.15) is 6.04 Å². The van der Waals surface area contributed by atoms with Crippen molar-refractivity contribution in [3.05, 3.63) is 108 Å². The van der Waals surface area contributed by atoms with Crippen molar-refractivity contribution in [3.63, 3.8) is 0 Å². The van der Waals surface area contributed by atoms with Gasteiger partial charge in [0.2, 0.25) is 5.91 Å². The van der Waals surface area contributed by atoms with Crippen LogP contribution in [0.4, 0.5) is 11.4 Å². The minimum atomic E-state index is -0.415. The second kappa shape index (κ2) is 10.2. The zero-order valence-electron chi connectivity index (χ0n) is 20.3. The van der Waals surface area contributed by atoms with E-state index < -0.39 is 5.97 Å². The Balaban J connectivity index is 1.64. The lowest BCUT2D eigenvalue weighted by Crippen LogP contribution is -2.30. The average Bonchev–Trinajstić information content (AvgIpc) is 3.53. The van der Waals surface area contributed by atoms with Crippen molar-refractivity contribution >= 4 is 40.6 Å². The van der Waals surface area contributed by atoms with Crippen LogP contribution < -0.4 is 15.5 Å². The predicted octanol–water partition coefficient (Wildman–Crippen LogP) is 4.79. The van der Waals surface area contributed by atoms with Gasteiger partial charge in [0.05, 0.1) is 30.1 Å². The Morgan fingerprint density at radius 2 is 1.76 bits per heavy atom. The van der Waals surface area contributed by atoms with Crippen LogP contribution in [0.25, 0.3) is 5.69 Å². The number of aromatic nitrogens is 2. The van der Waals surface area contributed by atoms with Crippen LogP contribution in [0.1, 0.15) is 40.8 Å². The Kier molecular flexibility index (Phi) is 6.70. The van der Waals surface area contributed by atoms with Gasteiger partial charge in [-0.2, -0.15) is 0 Å². The highest BCUT2D eigenvalue weighted by atomic mass is 32.1. The van der Waals surface area contributed by atoms with Crippen LogP contribution in [0.5, 0.6) is 0 Å². The van der Waals surface area contributed by atoms with E-state index in [1.54, 1.807) is 12.3 Å². The molecule has 2 N–H and O–H groups in total. The minimum absolute atomic E-state index is 0.138. The fourth-order valence-electron chi connectivity index (χ4n) is 4.66. The van der Waals surface area contributed by atoms with E-state index in [0.717, 1.165) is 17.1 Å². The van der Waals surface area contributed by atoms with Crippen molar-refractivity contribution in [2.45, 2.75) is 19.0 Å². The highest BCUT2D eigenvalue weighted by Gasteiger charge is 2.42. The predicted molar refractivity (Wildman–Crippen MR) is 146 cm³/mol. The third kappa shape index (κ3) is 4.68. The maximum absolute atomic E-state index is 12.6. The first-order valence-corrected chi connectivity index (χ1v) is 12.1. The fourth-order valence-corrected chi connectivity index (χ4v) is 5.01. The molecule has 1 amide bonds. The number of nitrogens with one attached hydrogen (secondary N) is 2. The Morgan fingerprint density at radius 3 is 2.46 bits per heavy atom. The van der Waals surface area contributed by atoms with E-state index in [4.69, 9.17) is 17.0 Å². The van der Waals surface area contributed by atoms with E-state index in [0.29, 0.717) is 22.1 Å². The summed E-state index contributed by atoms with van der Waals surface area (Å²) in [5, 5.41) is 6.79. The molecule has 2 aromatic heterocycles. The molecule has 37 heavy (non-hydrogen) atoms. The van der Waals surface area contributed by atoms with Crippen molar-refractivity contribution in [2.75, 3.05) is 17.3 Å². The maximum Gasteiger partial charge on any atom is 0.339 e. The Hall–Kier alpha value is -4.50. The minimum Gasteiger partial charge on any atom is -0.465 e. The lowest BCUT2D eigenvalue weighted by atomic mass is 10.0. The van der Waals surface area contributed by atoms with Crippen LogP contribution in [0.15, 0.2) is 91.3 Å². The summed E-state index contributed by atoms with van der Waals surface area (Å²) in [5.41, 5.74) is 4.45. The van der Waals surface area contributed by atoms with Gasteiger partial charge in [0.25, 0.3) is 0 Å². The van der Waals surface area contributed by atoms with Gasteiger partial charge in [-0.1, -0.05) is 18.2 Å². The molecule has 9 heteroatoms. The largest absolute Gasteiger partial charge is 0.465 e. The molecule has 4 aromatic rings. The van der Waals surface area contributed by atoms with Gasteiger partial charge in [-0.15, -0.1) is 0 Å². The highest BCUT2D eigenvalue weighted by Crippen LogP contribution is 2.42. The maximum atomic E-state index is 12.6. The molecule has 0 saturated carbocycles. The number of rotatable bonds is 6. The molecule has 1 saturated heterocycles. The molecule has 1 fully saturated rings. The molecular weight excluding hydrogens is 486 g/mol. The third-order valence-electron chi connectivity index (χ3n) is 6.22. The summed E-state index contributed by atoms with van der Waals surface area (Å²) in [6.07, 6.45) is 3.68. The van der Waals surface area contributed by atoms with E-state index in [-0.39, 0.29) is 18.0 Å². The standard InChI is InChI=1S/C28H25N5O3S/c1-18(34)30-19-12-14-20(15-13-19)33-26(25(31-28(33)37)22-9-5-6-16-29-22)24-11-7-17-32(24)23-10-4-3-8-21(23)27(35)36-2/h3-17,25-26H,1-2H3,(H,30,34)(H,31,37). The Morgan fingerprint density at radius 1 is 1.00 bits per heavy atom. The van der Waals surface area contributed by atoms with Gasteiger partial charge < -0.3 is 24.8 Å². The number of carbonyl (C=O) groups is 2. The number of methoxy groups -OCH3 is 1. The van der Waals surface area contributed by atoms with Crippen LogP contribution in [0.3, 0.4) is 0 Å². The monoisotopic (exact) mass is 511 g/mol. The number of thiocarbonyl (C=S) groups is 1. The third-order valence-corrected chi connectivity index (χ3v) is 6.53. The summed E-state index contributed by atoms with van der Waals surface area (Å²) >= 11 is 5.83. The smallest absolute Gasteiger partial charge is 0.339 e. The van der Waals surface area contributed by atoms with Gasteiger partial charge >= 0.3 is 5.97 Å². The van der Waals surface area contributed by atoms with Crippen molar-refractivity contribution in [1.82, 2.24) is 14.9 Å². The molecule has 1 aliphatic heterocycles. The molecule has 1 aliphatic rings. The normalized spacial score (nSPS) is 16.8. The first-order valence-electron chi connectivity index (χ1n) is 11.7.